The molecule has 0 aliphatic carbocycles. The molecule has 1 aliphatic rings. The third-order valence-electron chi connectivity index (χ3n) is 4.31. The first kappa shape index (κ1) is 16.0. The lowest BCUT2D eigenvalue weighted by atomic mass is 10.1. The Hall–Kier alpha value is -2.48. The highest BCUT2D eigenvalue weighted by Crippen LogP contribution is 2.31. The first-order chi connectivity index (χ1) is 12.1. The summed E-state index contributed by atoms with van der Waals surface area (Å²) in [6.45, 7) is 1.58. The number of hydrogen-bond donors (Lipinski definition) is 1. The second-order valence-corrected chi connectivity index (χ2v) is 7.25. The molecule has 3 aromatic rings. The van der Waals surface area contributed by atoms with Gasteiger partial charge in [-0.1, -0.05) is 11.3 Å². The van der Waals surface area contributed by atoms with Crippen molar-refractivity contribution in [1.82, 2.24) is 20.1 Å². The number of hydrogen-bond acceptors (Lipinski definition) is 5. The van der Waals surface area contributed by atoms with Gasteiger partial charge in [0.15, 0.2) is 5.13 Å². The van der Waals surface area contributed by atoms with Gasteiger partial charge in [0, 0.05) is 32.4 Å². The van der Waals surface area contributed by atoms with Crippen molar-refractivity contribution in [2.24, 2.45) is 7.05 Å². The van der Waals surface area contributed by atoms with E-state index in [2.05, 4.69) is 20.3 Å². The molecule has 1 aliphatic heterocycles. The van der Waals surface area contributed by atoms with E-state index in [4.69, 9.17) is 0 Å². The monoisotopic (exact) mass is 359 g/mol. The maximum Gasteiger partial charge on any atom is 0.272 e. The van der Waals surface area contributed by atoms with Gasteiger partial charge in [-0.3, -0.25) is 9.48 Å². The maximum atomic E-state index is 13.4. The van der Waals surface area contributed by atoms with Crippen LogP contribution in [0.4, 0.5) is 9.52 Å². The number of halogens is 1. The normalized spacial score (nSPS) is 17.8. The number of rotatable bonds is 3. The van der Waals surface area contributed by atoms with Gasteiger partial charge in [-0.05, 0) is 37.1 Å². The molecule has 1 saturated heterocycles. The lowest BCUT2D eigenvalue weighted by Crippen LogP contribution is -2.47. The van der Waals surface area contributed by atoms with Crippen molar-refractivity contribution in [1.29, 1.82) is 0 Å². The van der Waals surface area contributed by atoms with Crippen molar-refractivity contribution >= 4 is 32.6 Å². The number of carbonyl (C=O) groups excluding carboxylic acids is 1. The summed E-state index contributed by atoms with van der Waals surface area (Å²) in [4.78, 5) is 19.1. The summed E-state index contributed by atoms with van der Waals surface area (Å²) < 4.78 is 15.8. The van der Waals surface area contributed by atoms with E-state index in [-0.39, 0.29) is 17.8 Å². The number of fused-ring (bicyclic) bond motifs is 1. The zero-order valence-electron chi connectivity index (χ0n) is 13.8. The van der Waals surface area contributed by atoms with Crippen LogP contribution in [0, 0.1) is 5.82 Å². The number of nitrogens with one attached hydrogen (secondary N) is 1. The number of anilines is 1. The molecular formula is C17H18FN5OS. The molecule has 1 amide bonds. The number of aromatic nitrogens is 3. The van der Waals surface area contributed by atoms with E-state index in [1.54, 1.807) is 30.1 Å². The summed E-state index contributed by atoms with van der Waals surface area (Å²) >= 11 is 1.49. The Kier molecular flexibility index (Phi) is 4.12. The van der Waals surface area contributed by atoms with Crippen LogP contribution in [0.5, 0.6) is 0 Å². The maximum absolute atomic E-state index is 13.4. The molecule has 1 aromatic carbocycles. The Morgan fingerprint density at radius 2 is 2.28 bits per heavy atom. The van der Waals surface area contributed by atoms with Crippen LogP contribution in [0.15, 0.2) is 30.5 Å². The van der Waals surface area contributed by atoms with E-state index < -0.39 is 0 Å². The standard InChI is InChI=1S/C17H18FN5OS/c1-22-8-6-14(21-22)16(24)19-12-3-2-7-23(10-12)17-20-13-5-4-11(18)9-15(13)25-17/h4-6,8-9,12H,2-3,7,10H2,1H3,(H,19,24). The van der Waals surface area contributed by atoms with E-state index in [1.165, 1.54) is 23.5 Å². The number of benzene rings is 1. The van der Waals surface area contributed by atoms with Gasteiger partial charge in [0.25, 0.3) is 5.91 Å². The van der Waals surface area contributed by atoms with Crippen LogP contribution in [0.1, 0.15) is 23.3 Å². The zero-order chi connectivity index (χ0) is 17.4. The summed E-state index contributed by atoms with van der Waals surface area (Å²) in [5.74, 6) is -0.402. The van der Waals surface area contributed by atoms with Crippen LogP contribution >= 0.6 is 11.3 Å². The predicted molar refractivity (Wildman–Crippen MR) is 95.5 cm³/mol. The molecule has 1 N–H and O–H groups in total. The lowest BCUT2D eigenvalue weighted by molar-refractivity contribution is 0.0927. The molecule has 1 unspecified atom stereocenters. The fourth-order valence-electron chi connectivity index (χ4n) is 3.09. The summed E-state index contributed by atoms with van der Waals surface area (Å²) in [6.07, 6.45) is 3.65. The molecule has 25 heavy (non-hydrogen) atoms. The molecule has 0 radical (unpaired) electrons. The molecule has 1 atom stereocenters. The molecule has 130 valence electrons. The van der Waals surface area contributed by atoms with Gasteiger partial charge in [0.2, 0.25) is 0 Å². The van der Waals surface area contributed by atoms with E-state index in [1.807, 2.05) is 0 Å². The minimum Gasteiger partial charge on any atom is -0.346 e. The van der Waals surface area contributed by atoms with E-state index >= 15 is 0 Å². The number of nitrogens with zero attached hydrogens (tertiary/aromatic N) is 4. The minimum absolute atomic E-state index is 0.0482. The number of thiazole rings is 1. The highest BCUT2D eigenvalue weighted by Gasteiger charge is 2.24. The first-order valence-corrected chi connectivity index (χ1v) is 9.02. The van der Waals surface area contributed by atoms with Crippen LogP contribution in [0.2, 0.25) is 0 Å². The van der Waals surface area contributed by atoms with Crippen molar-refractivity contribution in [3.63, 3.8) is 0 Å². The Morgan fingerprint density at radius 3 is 3.08 bits per heavy atom. The van der Waals surface area contributed by atoms with E-state index in [0.29, 0.717) is 12.2 Å². The minimum atomic E-state index is -0.248. The Balaban J connectivity index is 1.47. The van der Waals surface area contributed by atoms with E-state index in [0.717, 1.165) is 34.7 Å². The summed E-state index contributed by atoms with van der Waals surface area (Å²) in [6, 6.07) is 6.40. The number of aryl methyl sites for hydroxylation is 1. The zero-order valence-corrected chi connectivity index (χ0v) is 14.6. The number of amides is 1. The van der Waals surface area contributed by atoms with Crippen LogP contribution in [-0.4, -0.2) is 39.8 Å². The SMILES string of the molecule is Cn1ccc(C(=O)NC2CCCN(c3nc4ccc(F)cc4s3)C2)n1. The van der Waals surface area contributed by atoms with Crippen molar-refractivity contribution in [3.05, 3.63) is 42.0 Å². The molecule has 1 fully saturated rings. The van der Waals surface area contributed by atoms with Crippen LogP contribution in [0.25, 0.3) is 10.2 Å². The summed E-state index contributed by atoms with van der Waals surface area (Å²) in [5, 5.41) is 8.06. The van der Waals surface area contributed by atoms with E-state index in [9.17, 15) is 9.18 Å². The largest absolute Gasteiger partial charge is 0.346 e. The number of piperidine rings is 1. The molecule has 0 saturated carbocycles. The van der Waals surface area contributed by atoms with Crippen LogP contribution in [0.3, 0.4) is 0 Å². The fraction of sp³-hybridized carbons (Fsp3) is 0.353. The number of carbonyl (C=O) groups is 1. The molecule has 3 heterocycles. The summed E-state index contributed by atoms with van der Waals surface area (Å²) in [7, 11) is 1.79. The molecule has 2 aromatic heterocycles. The fourth-order valence-corrected chi connectivity index (χ4v) is 4.11. The Bertz CT molecular complexity index is 921. The van der Waals surface area contributed by atoms with Gasteiger partial charge in [-0.15, -0.1) is 0 Å². The Morgan fingerprint density at radius 1 is 1.40 bits per heavy atom. The summed E-state index contributed by atoms with van der Waals surface area (Å²) in [5.41, 5.74) is 1.23. The lowest BCUT2D eigenvalue weighted by Gasteiger charge is -2.32. The molecule has 4 rings (SSSR count). The third-order valence-corrected chi connectivity index (χ3v) is 5.39. The van der Waals surface area contributed by atoms with Crippen molar-refractivity contribution in [2.75, 3.05) is 18.0 Å². The molecular weight excluding hydrogens is 341 g/mol. The van der Waals surface area contributed by atoms with Crippen molar-refractivity contribution in [2.45, 2.75) is 18.9 Å². The quantitative estimate of drug-likeness (QED) is 0.781. The smallest absolute Gasteiger partial charge is 0.272 e. The molecule has 6 nitrogen and oxygen atoms in total. The second-order valence-electron chi connectivity index (χ2n) is 6.24. The van der Waals surface area contributed by atoms with Gasteiger partial charge in [-0.2, -0.15) is 5.10 Å². The first-order valence-electron chi connectivity index (χ1n) is 8.20. The molecule has 0 bridgehead atoms. The van der Waals surface area contributed by atoms with Gasteiger partial charge >= 0.3 is 0 Å². The van der Waals surface area contributed by atoms with Gasteiger partial charge in [0.1, 0.15) is 11.5 Å². The molecule has 0 spiro atoms. The van der Waals surface area contributed by atoms with Gasteiger partial charge < -0.3 is 10.2 Å². The Labute approximate surface area is 148 Å². The topological polar surface area (TPSA) is 63.1 Å². The second kappa shape index (κ2) is 6.44. The third kappa shape index (κ3) is 3.34. The van der Waals surface area contributed by atoms with Crippen molar-refractivity contribution < 1.29 is 9.18 Å². The van der Waals surface area contributed by atoms with Gasteiger partial charge in [-0.25, -0.2) is 9.37 Å². The average Bonchev–Trinajstić information content (AvgIpc) is 3.21. The molecule has 8 heteroatoms. The van der Waals surface area contributed by atoms with Gasteiger partial charge in [0.05, 0.1) is 10.2 Å². The predicted octanol–water partition coefficient (Wildman–Crippen LogP) is 2.57. The highest BCUT2D eigenvalue weighted by atomic mass is 32.1. The van der Waals surface area contributed by atoms with Crippen molar-refractivity contribution in [3.8, 4) is 0 Å². The average molecular weight is 359 g/mol. The highest BCUT2D eigenvalue weighted by molar-refractivity contribution is 7.22. The van der Waals surface area contributed by atoms with Crippen LogP contribution in [-0.2, 0) is 7.05 Å². The van der Waals surface area contributed by atoms with Crippen LogP contribution < -0.4 is 10.2 Å².